The molecule has 0 aliphatic heterocycles. The number of benzene rings is 2. The number of rotatable bonds is 8. The molecule has 0 unspecified atom stereocenters. The van der Waals surface area contributed by atoms with Crippen LogP contribution in [-0.4, -0.2) is 16.4 Å². The molecule has 0 spiro atoms. The van der Waals surface area contributed by atoms with Crippen molar-refractivity contribution in [2.45, 2.75) is 166 Å². The van der Waals surface area contributed by atoms with Crippen LogP contribution in [0.2, 0.25) is 0 Å². The Bertz CT molecular complexity index is 1410. The Balaban J connectivity index is 0.00000182. The summed E-state index contributed by atoms with van der Waals surface area (Å²) in [5.41, 5.74) is 12.5. The molecule has 283 valence electrons. The minimum atomic E-state index is 0. The Labute approximate surface area is 345 Å². The fourth-order valence-corrected chi connectivity index (χ4v) is 9.68. The average Bonchev–Trinajstić information content (AvgIpc) is 3.16. The molecule has 7 heteroatoms. The normalized spacial score (nSPS) is 19.8. The third-order valence-electron chi connectivity index (χ3n) is 12.4. The molecule has 0 bridgehead atoms. The van der Waals surface area contributed by atoms with Gasteiger partial charge < -0.3 is 37.2 Å². The van der Waals surface area contributed by atoms with Gasteiger partial charge in [-0.1, -0.05) is 120 Å². The minimum Gasteiger partial charge on any atom is -1.00 e. The Morgan fingerprint density at radius 3 is 0.942 bits per heavy atom. The maximum atomic E-state index is 5.53. The predicted molar refractivity (Wildman–Crippen MR) is 204 cm³/mol. The second kappa shape index (κ2) is 22.1. The van der Waals surface area contributed by atoms with Gasteiger partial charge in [0.1, 0.15) is 0 Å². The van der Waals surface area contributed by atoms with Crippen molar-refractivity contribution in [1.29, 1.82) is 0 Å². The maximum absolute atomic E-state index is 5.53. The smallest absolute Gasteiger partial charge is 0.0849 e. The van der Waals surface area contributed by atoms with Gasteiger partial charge in [0.05, 0.1) is 34.2 Å². The van der Waals surface area contributed by atoms with Crippen LogP contribution in [0.15, 0.2) is 64.6 Å². The van der Waals surface area contributed by atoms with Gasteiger partial charge in [-0.3, -0.25) is 9.98 Å². The molecular formula is C45H59Cl3N3V-3. The second-order valence-electron chi connectivity index (χ2n) is 15.7. The molecule has 0 amide bonds. The van der Waals surface area contributed by atoms with E-state index in [0.29, 0.717) is 23.7 Å². The number of para-hydroxylation sites is 2. The maximum Gasteiger partial charge on any atom is 0.0849 e. The molecular weight excluding hydrogens is 740 g/mol. The Kier molecular flexibility index (Phi) is 19.0. The Morgan fingerprint density at radius 1 is 0.423 bits per heavy atom. The molecule has 0 saturated heterocycles. The molecule has 3 nitrogen and oxygen atoms in total. The van der Waals surface area contributed by atoms with Crippen LogP contribution in [-0.2, 0) is 18.6 Å². The summed E-state index contributed by atoms with van der Waals surface area (Å²) in [6, 6.07) is 20.7. The second-order valence-corrected chi connectivity index (χ2v) is 15.7. The zero-order valence-electron chi connectivity index (χ0n) is 31.6. The van der Waals surface area contributed by atoms with Crippen molar-refractivity contribution in [1.82, 2.24) is 4.98 Å². The van der Waals surface area contributed by atoms with Crippen LogP contribution < -0.4 is 37.2 Å². The summed E-state index contributed by atoms with van der Waals surface area (Å²) in [6.45, 7) is 4.36. The van der Waals surface area contributed by atoms with Crippen LogP contribution in [0, 0.1) is 0 Å². The number of hydrogen-bond donors (Lipinski definition) is 0. The molecule has 3 aromatic rings. The van der Waals surface area contributed by atoms with Crippen LogP contribution in [0.1, 0.15) is 200 Å². The molecule has 0 atom stereocenters. The van der Waals surface area contributed by atoms with E-state index in [-0.39, 0.29) is 55.8 Å². The van der Waals surface area contributed by atoms with Crippen molar-refractivity contribution in [2.24, 2.45) is 9.98 Å². The van der Waals surface area contributed by atoms with Crippen molar-refractivity contribution in [3.8, 4) is 0 Å². The van der Waals surface area contributed by atoms with Gasteiger partial charge in [0, 0.05) is 18.6 Å². The molecule has 1 aromatic heterocycles. The van der Waals surface area contributed by atoms with Crippen molar-refractivity contribution in [2.75, 3.05) is 0 Å². The van der Waals surface area contributed by atoms with E-state index in [1.807, 2.05) is 0 Å². The Morgan fingerprint density at radius 2 is 0.673 bits per heavy atom. The van der Waals surface area contributed by atoms with Crippen LogP contribution in [0.25, 0.3) is 0 Å². The van der Waals surface area contributed by atoms with Gasteiger partial charge in [-0.15, -0.1) is 0 Å². The van der Waals surface area contributed by atoms with E-state index < -0.39 is 0 Å². The number of hydrogen-bond acceptors (Lipinski definition) is 3. The molecule has 4 saturated carbocycles. The molecule has 0 N–H and O–H groups in total. The molecule has 52 heavy (non-hydrogen) atoms. The number of aromatic nitrogens is 1. The fourth-order valence-electron chi connectivity index (χ4n) is 9.68. The van der Waals surface area contributed by atoms with E-state index in [1.165, 1.54) is 162 Å². The van der Waals surface area contributed by atoms with E-state index in [0.717, 1.165) is 22.8 Å². The summed E-state index contributed by atoms with van der Waals surface area (Å²) in [7, 11) is 0. The van der Waals surface area contributed by atoms with Gasteiger partial charge in [-0.25, -0.2) is 4.98 Å². The van der Waals surface area contributed by atoms with Crippen molar-refractivity contribution >= 4 is 22.8 Å². The van der Waals surface area contributed by atoms with Gasteiger partial charge >= 0.3 is 0 Å². The predicted octanol–water partition coefficient (Wildman–Crippen LogP) is 4.56. The number of halogens is 3. The monoisotopic (exact) mass is 797 g/mol. The molecule has 4 fully saturated rings. The zero-order valence-corrected chi connectivity index (χ0v) is 35.2. The van der Waals surface area contributed by atoms with Crippen LogP contribution >= 0.6 is 0 Å². The molecule has 2 aromatic carbocycles. The van der Waals surface area contributed by atoms with E-state index in [2.05, 4.69) is 68.4 Å². The summed E-state index contributed by atoms with van der Waals surface area (Å²) in [6.07, 6.45) is 26.6. The van der Waals surface area contributed by atoms with Crippen LogP contribution in [0.5, 0.6) is 0 Å². The standard InChI is InChI=1S/C45H59N3.3ClH.V/c1-32(46-44-38(34-18-7-3-8-19-34)26-15-27-39(44)35-20-9-4-10-21-35)42-30-17-31-43(48-42)33(2)47-45-40(36-22-11-5-12-23-36)28-16-29-41(45)37-24-13-6-14-25-37;;;;/h15-17,26-31,34-37H,3-14,18-25H2,1-2H3;3*1H;/p-3. The number of nitrogens with zero attached hydrogens (tertiary/aromatic N) is 3. The largest absolute Gasteiger partial charge is 1.00 e. The fraction of sp³-hybridized carbons (Fsp3) is 0.578. The quantitative estimate of drug-likeness (QED) is 0.309. The molecule has 4 aliphatic carbocycles. The molecule has 4 aliphatic rings. The third-order valence-corrected chi connectivity index (χ3v) is 12.4. The summed E-state index contributed by atoms with van der Waals surface area (Å²) in [4.78, 5) is 16.3. The Hall–Kier alpha value is -1.62. The SMILES string of the molecule is CC(=Nc1c(C2CCCCC2)cccc1C1CCCCC1)c1cccc(C(C)=Nc2c(C3CCCCC3)cccc2C2CCCCC2)n1.[Cl-].[Cl-].[Cl-].[V]. The first kappa shape index (κ1) is 44.8. The first-order valence-corrected chi connectivity index (χ1v) is 20.0. The number of pyridine rings is 1. The van der Waals surface area contributed by atoms with E-state index >= 15 is 0 Å². The van der Waals surface area contributed by atoms with Gasteiger partial charge in [0.15, 0.2) is 0 Å². The van der Waals surface area contributed by atoms with Gasteiger partial charge in [-0.05, 0) is 123 Å². The first-order valence-electron chi connectivity index (χ1n) is 20.0. The van der Waals surface area contributed by atoms with Crippen LogP contribution in [0.3, 0.4) is 0 Å². The zero-order chi connectivity index (χ0) is 32.7. The molecule has 1 radical (unpaired) electrons. The topological polar surface area (TPSA) is 37.6 Å². The molecule has 7 rings (SSSR count). The van der Waals surface area contributed by atoms with E-state index in [4.69, 9.17) is 15.0 Å². The minimum absolute atomic E-state index is 0. The summed E-state index contributed by atoms with van der Waals surface area (Å²) < 4.78 is 0. The van der Waals surface area contributed by atoms with Gasteiger partial charge in [-0.2, -0.15) is 0 Å². The number of aliphatic imine (C=N–C) groups is 2. The van der Waals surface area contributed by atoms with E-state index in [1.54, 1.807) is 0 Å². The third kappa shape index (κ3) is 10.8. The van der Waals surface area contributed by atoms with Gasteiger partial charge in [0.25, 0.3) is 0 Å². The van der Waals surface area contributed by atoms with Crippen LogP contribution in [0.4, 0.5) is 11.4 Å². The molecule has 1 heterocycles. The van der Waals surface area contributed by atoms with E-state index in [9.17, 15) is 0 Å². The van der Waals surface area contributed by atoms with Gasteiger partial charge in [0.2, 0.25) is 0 Å². The van der Waals surface area contributed by atoms with Crippen molar-refractivity contribution in [3.63, 3.8) is 0 Å². The average molecular weight is 799 g/mol. The van der Waals surface area contributed by atoms with Crippen molar-refractivity contribution in [3.05, 3.63) is 88.2 Å². The first-order chi connectivity index (χ1) is 23.7. The summed E-state index contributed by atoms with van der Waals surface area (Å²) in [5.74, 6) is 2.52. The summed E-state index contributed by atoms with van der Waals surface area (Å²) in [5, 5.41) is 0. The summed E-state index contributed by atoms with van der Waals surface area (Å²) >= 11 is 0. The van der Waals surface area contributed by atoms with Crippen molar-refractivity contribution < 1.29 is 55.8 Å².